The summed E-state index contributed by atoms with van der Waals surface area (Å²) >= 11 is 0. The topological polar surface area (TPSA) is 49.3 Å². The first-order valence-corrected chi connectivity index (χ1v) is 7.72. The maximum atomic E-state index is 12.0. The highest BCUT2D eigenvalue weighted by Crippen LogP contribution is 2.21. The summed E-state index contributed by atoms with van der Waals surface area (Å²) < 4.78 is 0. The molecule has 1 fully saturated rings. The SMILES string of the molecule is C=C(C)C(=O)N1CCN(c2cc(-c3ccccc3)ncn2)CC1. The van der Waals surface area contributed by atoms with Gasteiger partial charge in [0.05, 0.1) is 5.69 Å². The number of carbonyl (C=O) groups is 1. The predicted octanol–water partition coefficient (Wildman–Crippen LogP) is 2.37. The molecule has 5 heteroatoms. The molecular weight excluding hydrogens is 288 g/mol. The van der Waals surface area contributed by atoms with Crippen molar-refractivity contribution in [2.45, 2.75) is 6.92 Å². The van der Waals surface area contributed by atoms with E-state index in [0.717, 1.165) is 30.2 Å². The molecule has 1 amide bonds. The van der Waals surface area contributed by atoms with Gasteiger partial charge in [-0.1, -0.05) is 36.9 Å². The monoisotopic (exact) mass is 308 g/mol. The van der Waals surface area contributed by atoms with Gasteiger partial charge in [0.1, 0.15) is 12.1 Å². The number of carbonyl (C=O) groups excluding carboxylic acids is 1. The predicted molar refractivity (Wildman–Crippen MR) is 91.1 cm³/mol. The van der Waals surface area contributed by atoms with Crippen LogP contribution in [0.2, 0.25) is 0 Å². The van der Waals surface area contributed by atoms with Crippen molar-refractivity contribution in [2.24, 2.45) is 0 Å². The van der Waals surface area contributed by atoms with Gasteiger partial charge < -0.3 is 9.80 Å². The molecule has 2 aromatic rings. The van der Waals surface area contributed by atoms with Crippen LogP contribution in [0.4, 0.5) is 5.82 Å². The van der Waals surface area contributed by atoms with Crippen molar-refractivity contribution in [3.63, 3.8) is 0 Å². The zero-order valence-electron chi connectivity index (χ0n) is 13.3. The Hall–Kier alpha value is -2.69. The average molecular weight is 308 g/mol. The van der Waals surface area contributed by atoms with E-state index in [2.05, 4.69) is 21.4 Å². The third-order valence-electron chi connectivity index (χ3n) is 3.98. The van der Waals surface area contributed by atoms with Gasteiger partial charge in [-0.3, -0.25) is 4.79 Å². The number of piperazine rings is 1. The van der Waals surface area contributed by atoms with Crippen molar-refractivity contribution in [3.05, 3.63) is 54.9 Å². The summed E-state index contributed by atoms with van der Waals surface area (Å²) in [5.41, 5.74) is 2.58. The summed E-state index contributed by atoms with van der Waals surface area (Å²) in [5, 5.41) is 0. The molecule has 0 N–H and O–H groups in total. The summed E-state index contributed by atoms with van der Waals surface area (Å²) in [6.45, 7) is 8.40. The van der Waals surface area contributed by atoms with E-state index in [1.54, 1.807) is 13.3 Å². The Morgan fingerprint density at radius 2 is 1.78 bits per heavy atom. The highest BCUT2D eigenvalue weighted by atomic mass is 16.2. The molecule has 5 nitrogen and oxygen atoms in total. The highest BCUT2D eigenvalue weighted by molar-refractivity contribution is 5.92. The van der Waals surface area contributed by atoms with Gasteiger partial charge >= 0.3 is 0 Å². The van der Waals surface area contributed by atoms with E-state index >= 15 is 0 Å². The molecule has 1 aromatic carbocycles. The number of anilines is 1. The largest absolute Gasteiger partial charge is 0.353 e. The van der Waals surface area contributed by atoms with Gasteiger partial charge in [0.2, 0.25) is 5.91 Å². The third-order valence-corrected chi connectivity index (χ3v) is 3.98. The van der Waals surface area contributed by atoms with Gasteiger partial charge in [-0.2, -0.15) is 0 Å². The smallest absolute Gasteiger partial charge is 0.249 e. The first-order chi connectivity index (χ1) is 11.1. The molecule has 3 rings (SSSR count). The Balaban J connectivity index is 1.72. The van der Waals surface area contributed by atoms with Crippen LogP contribution in [-0.2, 0) is 4.79 Å². The molecule has 0 unspecified atom stereocenters. The molecule has 0 atom stereocenters. The zero-order valence-corrected chi connectivity index (χ0v) is 13.3. The summed E-state index contributed by atoms with van der Waals surface area (Å²) in [4.78, 5) is 24.7. The fourth-order valence-electron chi connectivity index (χ4n) is 2.70. The van der Waals surface area contributed by atoms with E-state index in [9.17, 15) is 4.79 Å². The lowest BCUT2D eigenvalue weighted by Gasteiger charge is -2.35. The number of amides is 1. The van der Waals surface area contributed by atoms with Gasteiger partial charge in [0.15, 0.2) is 0 Å². The first-order valence-electron chi connectivity index (χ1n) is 7.72. The van der Waals surface area contributed by atoms with Gasteiger partial charge in [-0.15, -0.1) is 0 Å². The molecule has 1 aromatic heterocycles. The van der Waals surface area contributed by atoms with Crippen LogP contribution in [0.25, 0.3) is 11.3 Å². The first kappa shape index (κ1) is 15.2. The normalized spacial score (nSPS) is 14.7. The van der Waals surface area contributed by atoms with E-state index in [4.69, 9.17) is 0 Å². The van der Waals surface area contributed by atoms with Crippen LogP contribution in [-0.4, -0.2) is 47.0 Å². The maximum Gasteiger partial charge on any atom is 0.249 e. The summed E-state index contributed by atoms with van der Waals surface area (Å²) in [5.74, 6) is 0.943. The van der Waals surface area contributed by atoms with Crippen LogP contribution in [0.1, 0.15) is 6.92 Å². The van der Waals surface area contributed by atoms with Crippen LogP contribution >= 0.6 is 0 Å². The molecular formula is C18H20N4O. The van der Waals surface area contributed by atoms with E-state index in [0.29, 0.717) is 18.7 Å². The second-order valence-corrected chi connectivity index (χ2v) is 5.69. The van der Waals surface area contributed by atoms with Crippen molar-refractivity contribution < 1.29 is 4.79 Å². The van der Waals surface area contributed by atoms with Crippen molar-refractivity contribution in [1.82, 2.24) is 14.9 Å². The van der Waals surface area contributed by atoms with Crippen molar-refractivity contribution in [3.8, 4) is 11.3 Å². The minimum absolute atomic E-state index is 0.0392. The number of aromatic nitrogens is 2. The zero-order chi connectivity index (χ0) is 16.2. The average Bonchev–Trinajstić information content (AvgIpc) is 2.62. The lowest BCUT2D eigenvalue weighted by Crippen LogP contribution is -2.49. The minimum Gasteiger partial charge on any atom is -0.353 e. The van der Waals surface area contributed by atoms with Crippen LogP contribution < -0.4 is 4.90 Å². The summed E-state index contributed by atoms with van der Waals surface area (Å²) in [7, 11) is 0. The lowest BCUT2D eigenvalue weighted by molar-refractivity contribution is -0.127. The van der Waals surface area contributed by atoms with Crippen molar-refractivity contribution >= 4 is 11.7 Å². The van der Waals surface area contributed by atoms with E-state index in [1.165, 1.54) is 0 Å². The summed E-state index contributed by atoms with van der Waals surface area (Å²) in [6.07, 6.45) is 1.60. The van der Waals surface area contributed by atoms with E-state index in [1.807, 2.05) is 41.3 Å². The summed E-state index contributed by atoms with van der Waals surface area (Å²) in [6, 6.07) is 12.1. The molecule has 0 bridgehead atoms. The Kier molecular flexibility index (Phi) is 4.37. The number of hydrogen-bond donors (Lipinski definition) is 0. The Labute approximate surface area is 136 Å². The third kappa shape index (κ3) is 3.39. The molecule has 0 radical (unpaired) electrons. The Bertz CT molecular complexity index is 706. The maximum absolute atomic E-state index is 12.0. The Morgan fingerprint density at radius 1 is 1.09 bits per heavy atom. The van der Waals surface area contributed by atoms with Gasteiger partial charge in [0.25, 0.3) is 0 Å². The van der Waals surface area contributed by atoms with Crippen molar-refractivity contribution in [2.75, 3.05) is 31.1 Å². The van der Waals surface area contributed by atoms with Crippen LogP contribution in [0.5, 0.6) is 0 Å². The van der Waals surface area contributed by atoms with Crippen LogP contribution in [0, 0.1) is 0 Å². The molecule has 2 heterocycles. The molecule has 1 aliphatic heterocycles. The second kappa shape index (κ2) is 6.60. The van der Waals surface area contributed by atoms with Gasteiger partial charge in [0, 0.05) is 43.4 Å². The minimum atomic E-state index is 0.0392. The fourth-order valence-corrected chi connectivity index (χ4v) is 2.70. The molecule has 23 heavy (non-hydrogen) atoms. The van der Waals surface area contributed by atoms with E-state index in [-0.39, 0.29) is 5.91 Å². The van der Waals surface area contributed by atoms with E-state index < -0.39 is 0 Å². The Morgan fingerprint density at radius 3 is 2.43 bits per heavy atom. The lowest BCUT2D eigenvalue weighted by atomic mass is 10.1. The number of rotatable bonds is 3. The number of hydrogen-bond acceptors (Lipinski definition) is 4. The molecule has 1 aliphatic rings. The molecule has 0 saturated carbocycles. The quantitative estimate of drug-likeness (QED) is 0.817. The molecule has 0 spiro atoms. The second-order valence-electron chi connectivity index (χ2n) is 5.69. The number of nitrogens with zero attached hydrogens (tertiary/aromatic N) is 4. The number of benzene rings is 1. The van der Waals surface area contributed by atoms with Crippen LogP contribution in [0.3, 0.4) is 0 Å². The molecule has 1 saturated heterocycles. The molecule has 118 valence electrons. The molecule has 0 aliphatic carbocycles. The van der Waals surface area contributed by atoms with Gasteiger partial charge in [-0.05, 0) is 6.92 Å². The highest BCUT2D eigenvalue weighted by Gasteiger charge is 2.22. The standard InChI is InChI=1S/C18H20N4O/c1-14(2)18(23)22-10-8-21(9-11-22)17-12-16(19-13-20-17)15-6-4-3-5-7-15/h3-7,12-13H,1,8-11H2,2H3. The van der Waals surface area contributed by atoms with Gasteiger partial charge in [-0.25, -0.2) is 9.97 Å². The van der Waals surface area contributed by atoms with Crippen LogP contribution in [0.15, 0.2) is 54.9 Å². The van der Waals surface area contributed by atoms with Crippen molar-refractivity contribution in [1.29, 1.82) is 0 Å². The fraction of sp³-hybridized carbons (Fsp3) is 0.278.